The van der Waals surface area contributed by atoms with Gasteiger partial charge in [-0.25, -0.2) is 4.79 Å². The number of carbonyl (C=O) groups is 1. The van der Waals surface area contributed by atoms with E-state index in [1.54, 1.807) is 6.07 Å². The smallest absolute Gasteiger partial charge is 0.344 e. The fourth-order valence-electron chi connectivity index (χ4n) is 2.44. The van der Waals surface area contributed by atoms with E-state index < -0.39 is 0 Å². The van der Waals surface area contributed by atoms with Crippen LogP contribution in [-0.4, -0.2) is 24.3 Å². The molecular formula is C21H25IO4. The summed E-state index contributed by atoms with van der Waals surface area (Å²) in [7, 11) is 0. The first-order chi connectivity index (χ1) is 12.4. The van der Waals surface area contributed by atoms with Gasteiger partial charge in [-0.2, -0.15) is 0 Å². The predicted molar refractivity (Wildman–Crippen MR) is 111 cm³/mol. The molecule has 0 bridgehead atoms. The molecule has 0 saturated carbocycles. The van der Waals surface area contributed by atoms with Gasteiger partial charge < -0.3 is 14.6 Å². The Morgan fingerprint density at radius 3 is 2.54 bits per heavy atom. The van der Waals surface area contributed by atoms with Gasteiger partial charge in [-0.15, -0.1) is 0 Å². The number of benzene rings is 2. The van der Waals surface area contributed by atoms with Crippen LogP contribution in [0.5, 0.6) is 11.5 Å². The zero-order chi connectivity index (χ0) is 18.9. The Morgan fingerprint density at radius 2 is 1.85 bits per heavy atom. The molecule has 0 aromatic heterocycles. The van der Waals surface area contributed by atoms with Crippen LogP contribution in [0.3, 0.4) is 0 Å². The maximum Gasteiger partial charge on any atom is 0.344 e. The Kier molecular flexibility index (Phi) is 8.22. The highest BCUT2D eigenvalue weighted by Crippen LogP contribution is 2.21. The van der Waals surface area contributed by atoms with Crippen molar-refractivity contribution in [1.82, 2.24) is 0 Å². The van der Waals surface area contributed by atoms with E-state index in [-0.39, 0.29) is 12.6 Å². The van der Waals surface area contributed by atoms with Gasteiger partial charge in [-0.1, -0.05) is 32.0 Å². The Bertz CT molecular complexity index is 728. The Labute approximate surface area is 168 Å². The third kappa shape index (κ3) is 7.23. The highest BCUT2D eigenvalue weighted by atomic mass is 127. The molecule has 140 valence electrons. The van der Waals surface area contributed by atoms with Crippen LogP contribution in [0.15, 0.2) is 42.5 Å². The minimum absolute atomic E-state index is 0.0673. The van der Waals surface area contributed by atoms with Crippen molar-refractivity contribution < 1.29 is 19.4 Å². The SMILES string of the molecule is CC(C)COC(=O)COc1cccc(CCCc2ccc(O)c(I)c2)c1. The molecule has 1 N–H and O–H groups in total. The van der Waals surface area contributed by atoms with E-state index in [0.29, 0.717) is 24.0 Å². The maximum atomic E-state index is 11.6. The summed E-state index contributed by atoms with van der Waals surface area (Å²) in [6.07, 6.45) is 2.87. The lowest BCUT2D eigenvalue weighted by molar-refractivity contribution is -0.147. The quantitative estimate of drug-likeness (QED) is 0.427. The molecule has 0 saturated heterocycles. The molecule has 5 heteroatoms. The van der Waals surface area contributed by atoms with Crippen molar-refractivity contribution in [2.24, 2.45) is 5.92 Å². The molecule has 26 heavy (non-hydrogen) atoms. The number of ether oxygens (including phenoxy) is 2. The summed E-state index contributed by atoms with van der Waals surface area (Å²) in [4.78, 5) is 11.6. The second kappa shape index (κ2) is 10.4. The van der Waals surface area contributed by atoms with Gasteiger partial charge in [-0.05, 0) is 83.2 Å². The predicted octanol–water partition coefficient (Wildman–Crippen LogP) is 4.75. The number of halogens is 1. The maximum absolute atomic E-state index is 11.6. The van der Waals surface area contributed by atoms with Crippen molar-refractivity contribution in [3.8, 4) is 11.5 Å². The number of phenols is 1. The van der Waals surface area contributed by atoms with Gasteiger partial charge in [0.15, 0.2) is 6.61 Å². The molecule has 0 fully saturated rings. The van der Waals surface area contributed by atoms with Crippen molar-refractivity contribution in [2.75, 3.05) is 13.2 Å². The van der Waals surface area contributed by atoms with Crippen molar-refractivity contribution in [2.45, 2.75) is 33.1 Å². The number of carbonyl (C=O) groups excluding carboxylic acids is 1. The van der Waals surface area contributed by atoms with E-state index in [9.17, 15) is 9.90 Å². The first kappa shape index (κ1) is 20.6. The number of esters is 1. The lowest BCUT2D eigenvalue weighted by atomic mass is 10.0. The van der Waals surface area contributed by atoms with Crippen LogP contribution >= 0.6 is 22.6 Å². The highest BCUT2D eigenvalue weighted by Gasteiger charge is 2.06. The molecule has 0 spiro atoms. The fraction of sp³-hybridized carbons (Fsp3) is 0.381. The number of rotatable bonds is 9. The summed E-state index contributed by atoms with van der Waals surface area (Å²) in [6, 6.07) is 13.5. The van der Waals surface area contributed by atoms with Gasteiger partial charge in [0, 0.05) is 0 Å². The molecular weight excluding hydrogens is 443 g/mol. The summed E-state index contributed by atoms with van der Waals surface area (Å²) in [5.41, 5.74) is 2.39. The second-order valence-corrected chi connectivity index (χ2v) is 7.81. The second-order valence-electron chi connectivity index (χ2n) is 6.65. The third-order valence-corrected chi connectivity index (χ3v) is 4.64. The number of hydrogen-bond donors (Lipinski definition) is 1. The Morgan fingerprint density at radius 1 is 1.12 bits per heavy atom. The first-order valence-electron chi connectivity index (χ1n) is 8.79. The summed E-state index contributed by atoms with van der Waals surface area (Å²) >= 11 is 2.14. The van der Waals surface area contributed by atoms with Crippen LogP contribution in [0.25, 0.3) is 0 Å². The van der Waals surface area contributed by atoms with E-state index >= 15 is 0 Å². The molecule has 0 aliphatic carbocycles. The van der Waals surface area contributed by atoms with Gasteiger partial charge in [0.1, 0.15) is 11.5 Å². The number of aryl methyl sites for hydroxylation is 2. The van der Waals surface area contributed by atoms with Crippen molar-refractivity contribution in [3.05, 3.63) is 57.2 Å². The van der Waals surface area contributed by atoms with Crippen LogP contribution in [-0.2, 0) is 22.4 Å². The van der Waals surface area contributed by atoms with E-state index in [0.717, 1.165) is 22.8 Å². The van der Waals surface area contributed by atoms with Crippen LogP contribution in [0.2, 0.25) is 0 Å². The van der Waals surface area contributed by atoms with E-state index in [1.807, 2.05) is 44.2 Å². The fourth-order valence-corrected chi connectivity index (χ4v) is 3.02. The van der Waals surface area contributed by atoms with E-state index in [2.05, 4.69) is 28.7 Å². The van der Waals surface area contributed by atoms with Crippen LogP contribution < -0.4 is 4.74 Å². The molecule has 2 rings (SSSR count). The Balaban J connectivity index is 1.79. The van der Waals surface area contributed by atoms with E-state index in [4.69, 9.17) is 9.47 Å². The molecule has 2 aromatic carbocycles. The molecule has 0 aliphatic rings. The lowest BCUT2D eigenvalue weighted by Crippen LogP contribution is -2.17. The van der Waals surface area contributed by atoms with Crippen molar-refractivity contribution in [1.29, 1.82) is 0 Å². The third-order valence-electron chi connectivity index (χ3n) is 3.78. The summed E-state index contributed by atoms with van der Waals surface area (Å²) in [5.74, 6) is 0.986. The first-order valence-corrected chi connectivity index (χ1v) is 9.86. The van der Waals surface area contributed by atoms with Crippen LogP contribution in [0.4, 0.5) is 0 Å². The normalized spacial score (nSPS) is 10.8. The minimum Gasteiger partial charge on any atom is -0.507 e. The minimum atomic E-state index is -0.342. The van der Waals surface area contributed by atoms with Crippen LogP contribution in [0, 0.1) is 9.49 Å². The molecule has 0 unspecified atom stereocenters. The molecule has 0 heterocycles. The topological polar surface area (TPSA) is 55.8 Å². The Hall–Kier alpha value is -1.76. The average Bonchev–Trinajstić information content (AvgIpc) is 2.61. The number of phenolic OH excluding ortho intramolecular Hbond substituents is 1. The molecule has 2 aromatic rings. The zero-order valence-electron chi connectivity index (χ0n) is 15.2. The van der Waals surface area contributed by atoms with Crippen molar-refractivity contribution >= 4 is 28.6 Å². The zero-order valence-corrected chi connectivity index (χ0v) is 17.4. The molecule has 4 nitrogen and oxygen atoms in total. The molecule has 0 atom stereocenters. The van der Waals surface area contributed by atoms with E-state index in [1.165, 1.54) is 11.1 Å². The van der Waals surface area contributed by atoms with Gasteiger partial charge in [0.2, 0.25) is 0 Å². The van der Waals surface area contributed by atoms with Gasteiger partial charge >= 0.3 is 5.97 Å². The largest absolute Gasteiger partial charge is 0.507 e. The standard InChI is InChI=1S/C21H25IO4/c1-15(2)13-26-21(24)14-25-18-8-4-7-16(11-18)5-3-6-17-9-10-20(23)19(22)12-17/h4,7-12,15,23H,3,5-6,13-14H2,1-2H3. The molecule has 0 aliphatic heterocycles. The molecule has 0 radical (unpaired) electrons. The van der Waals surface area contributed by atoms with Crippen LogP contribution in [0.1, 0.15) is 31.4 Å². The number of hydrogen-bond acceptors (Lipinski definition) is 4. The highest BCUT2D eigenvalue weighted by molar-refractivity contribution is 14.1. The summed E-state index contributed by atoms with van der Waals surface area (Å²) in [6.45, 7) is 4.34. The average molecular weight is 468 g/mol. The van der Waals surface area contributed by atoms with Gasteiger partial charge in [0.05, 0.1) is 10.2 Å². The van der Waals surface area contributed by atoms with Gasteiger partial charge in [0.25, 0.3) is 0 Å². The monoisotopic (exact) mass is 468 g/mol. The van der Waals surface area contributed by atoms with Crippen molar-refractivity contribution in [3.63, 3.8) is 0 Å². The number of aromatic hydroxyl groups is 1. The molecule has 0 amide bonds. The summed E-state index contributed by atoms with van der Waals surface area (Å²) in [5, 5.41) is 9.57. The van der Waals surface area contributed by atoms with Gasteiger partial charge in [-0.3, -0.25) is 0 Å². The lowest BCUT2D eigenvalue weighted by Gasteiger charge is -2.10. The summed E-state index contributed by atoms with van der Waals surface area (Å²) < 4.78 is 11.5.